The third kappa shape index (κ3) is 3.80. The summed E-state index contributed by atoms with van der Waals surface area (Å²) in [5, 5.41) is 3.78. The van der Waals surface area contributed by atoms with E-state index in [1.165, 1.54) is 0 Å². The topological polar surface area (TPSA) is 64.6 Å². The fourth-order valence-electron chi connectivity index (χ4n) is 4.67. The van der Waals surface area contributed by atoms with E-state index in [1.807, 2.05) is 13.0 Å². The monoisotopic (exact) mass is 415 g/mol. The molecule has 4 rings (SSSR count). The van der Waals surface area contributed by atoms with Gasteiger partial charge in [-0.3, -0.25) is 4.79 Å². The largest absolute Gasteiger partial charge is 0.495 e. The average molecular weight is 416 g/mol. The van der Waals surface area contributed by atoms with E-state index >= 15 is 0 Å². The van der Waals surface area contributed by atoms with E-state index < -0.39 is 5.92 Å². The second-order valence-corrected chi connectivity index (χ2v) is 8.38. The van der Waals surface area contributed by atoms with E-state index in [2.05, 4.69) is 5.32 Å². The predicted molar refractivity (Wildman–Crippen MR) is 111 cm³/mol. The minimum atomic E-state index is -0.476. The number of nitrogens with one attached hydrogen (secondary N) is 1. The normalized spacial score (nSPS) is 22.4. The van der Waals surface area contributed by atoms with Crippen molar-refractivity contribution in [2.75, 3.05) is 7.11 Å². The number of esters is 1. The van der Waals surface area contributed by atoms with Crippen LogP contribution in [0.25, 0.3) is 0 Å². The molecule has 6 heteroatoms. The van der Waals surface area contributed by atoms with Crippen LogP contribution in [0.2, 0.25) is 5.02 Å². The number of halogens is 1. The van der Waals surface area contributed by atoms with Crippen LogP contribution in [0.4, 0.5) is 0 Å². The number of carbonyl (C=O) groups excluding carboxylic acids is 2. The highest BCUT2D eigenvalue weighted by Gasteiger charge is 2.40. The molecule has 1 fully saturated rings. The first-order valence-corrected chi connectivity index (χ1v) is 10.7. The maximum atomic E-state index is 13.2. The number of benzene rings is 1. The van der Waals surface area contributed by atoms with Crippen LogP contribution in [0.15, 0.2) is 40.7 Å². The summed E-state index contributed by atoms with van der Waals surface area (Å²) >= 11 is 6.39. The number of dihydropyridines is 1. The molecule has 1 aromatic carbocycles. The zero-order valence-corrected chi connectivity index (χ0v) is 17.6. The number of hydrogen-bond acceptors (Lipinski definition) is 5. The number of carbonyl (C=O) groups is 2. The Hall–Kier alpha value is -2.27. The van der Waals surface area contributed by atoms with Crippen LogP contribution in [-0.2, 0) is 14.3 Å². The molecule has 1 aliphatic heterocycles. The van der Waals surface area contributed by atoms with Crippen LogP contribution >= 0.6 is 11.6 Å². The Morgan fingerprint density at radius 1 is 1.17 bits per heavy atom. The molecule has 0 radical (unpaired) electrons. The molecule has 1 saturated carbocycles. The highest BCUT2D eigenvalue weighted by atomic mass is 35.5. The Bertz CT molecular complexity index is 911. The molecule has 0 amide bonds. The van der Waals surface area contributed by atoms with Gasteiger partial charge in [0.15, 0.2) is 5.78 Å². The Morgan fingerprint density at radius 2 is 1.93 bits per heavy atom. The SMILES string of the molecule is COc1ccc(C2C(C(=O)OC3CCCC3)=C(C)NC3=C2C(=O)CCC3)cc1Cl. The molecule has 0 saturated heterocycles. The van der Waals surface area contributed by atoms with Crippen molar-refractivity contribution in [3.8, 4) is 5.75 Å². The third-order valence-corrected chi connectivity index (χ3v) is 6.38. The van der Waals surface area contributed by atoms with Gasteiger partial charge >= 0.3 is 5.97 Å². The molecule has 154 valence electrons. The van der Waals surface area contributed by atoms with Crippen LogP contribution in [0, 0.1) is 0 Å². The quantitative estimate of drug-likeness (QED) is 0.715. The number of hydrogen-bond donors (Lipinski definition) is 1. The van der Waals surface area contributed by atoms with Gasteiger partial charge in [-0.2, -0.15) is 0 Å². The Labute approximate surface area is 176 Å². The van der Waals surface area contributed by atoms with Gasteiger partial charge in [0, 0.05) is 29.3 Å². The molecule has 1 atom stereocenters. The number of methoxy groups -OCH3 is 1. The standard InChI is InChI=1S/C23H26ClNO4/c1-13-20(23(27)29-15-6-3-4-7-15)21(14-10-11-19(28-2)16(24)12-14)22-17(25-13)8-5-9-18(22)26/h10-12,15,21,25H,3-9H2,1-2H3. The summed E-state index contributed by atoms with van der Waals surface area (Å²) < 4.78 is 11.1. The molecular weight excluding hydrogens is 390 g/mol. The molecular formula is C23H26ClNO4. The second-order valence-electron chi connectivity index (χ2n) is 7.97. The first kappa shape index (κ1) is 20.0. The summed E-state index contributed by atoms with van der Waals surface area (Å²) in [6, 6.07) is 5.45. The predicted octanol–water partition coefficient (Wildman–Crippen LogP) is 4.80. The van der Waals surface area contributed by atoms with Gasteiger partial charge in [-0.25, -0.2) is 4.79 Å². The van der Waals surface area contributed by atoms with Crippen molar-refractivity contribution in [3.05, 3.63) is 51.3 Å². The number of rotatable bonds is 4. The van der Waals surface area contributed by atoms with E-state index in [0.29, 0.717) is 28.3 Å². The summed E-state index contributed by atoms with van der Waals surface area (Å²) in [5.74, 6) is -0.182. The summed E-state index contributed by atoms with van der Waals surface area (Å²) in [6.07, 6.45) is 6.03. The molecule has 29 heavy (non-hydrogen) atoms. The van der Waals surface area contributed by atoms with Gasteiger partial charge in [-0.15, -0.1) is 0 Å². The Kier molecular flexibility index (Phi) is 5.68. The molecule has 0 aromatic heterocycles. The molecule has 1 heterocycles. The van der Waals surface area contributed by atoms with Crippen molar-refractivity contribution in [3.63, 3.8) is 0 Å². The van der Waals surface area contributed by atoms with Gasteiger partial charge in [-0.1, -0.05) is 17.7 Å². The summed E-state index contributed by atoms with van der Waals surface area (Å²) in [7, 11) is 1.56. The lowest BCUT2D eigenvalue weighted by Crippen LogP contribution is -2.35. The lowest BCUT2D eigenvalue weighted by atomic mass is 9.75. The minimum Gasteiger partial charge on any atom is -0.495 e. The van der Waals surface area contributed by atoms with Crippen molar-refractivity contribution >= 4 is 23.4 Å². The van der Waals surface area contributed by atoms with Crippen molar-refractivity contribution in [1.29, 1.82) is 0 Å². The van der Waals surface area contributed by atoms with Crippen LogP contribution in [-0.4, -0.2) is 25.0 Å². The lowest BCUT2D eigenvalue weighted by molar-refractivity contribution is -0.144. The van der Waals surface area contributed by atoms with Gasteiger partial charge in [0.05, 0.1) is 17.7 Å². The molecule has 0 spiro atoms. The molecule has 3 aliphatic rings. The highest BCUT2D eigenvalue weighted by molar-refractivity contribution is 6.32. The van der Waals surface area contributed by atoms with Gasteiger partial charge in [0.1, 0.15) is 11.9 Å². The summed E-state index contributed by atoms with van der Waals surface area (Å²) in [4.78, 5) is 26.1. The fourth-order valence-corrected chi connectivity index (χ4v) is 4.94. The molecule has 1 unspecified atom stereocenters. The van der Waals surface area contributed by atoms with Crippen molar-refractivity contribution in [2.45, 2.75) is 63.9 Å². The minimum absolute atomic E-state index is 0.0414. The first-order chi connectivity index (χ1) is 14.0. The smallest absolute Gasteiger partial charge is 0.337 e. The van der Waals surface area contributed by atoms with Crippen LogP contribution in [0.3, 0.4) is 0 Å². The maximum absolute atomic E-state index is 13.2. The van der Waals surface area contributed by atoms with Crippen molar-refractivity contribution in [2.24, 2.45) is 0 Å². The van der Waals surface area contributed by atoms with Gasteiger partial charge in [-0.05, 0) is 63.1 Å². The van der Waals surface area contributed by atoms with Crippen molar-refractivity contribution in [1.82, 2.24) is 5.32 Å². The lowest BCUT2D eigenvalue weighted by Gasteiger charge is -2.34. The summed E-state index contributed by atoms with van der Waals surface area (Å²) in [5.41, 5.74) is 3.64. The number of Topliss-reactive ketones (excluding diaryl/α,β-unsaturated/α-hetero) is 1. The van der Waals surface area contributed by atoms with E-state index in [9.17, 15) is 9.59 Å². The van der Waals surface area contributed by atoms with Gasteiger partial charge < -0.3 is 14.8 Å². The van der Waals surface area contributed by atoms with E-state index in [0.717, 1.165) is 55.5 Å². The van der Waals surface area contributed by atoms with Gasteiger partial charge in [0.25, 0.3) is 0 Å². The van der Waals surface area contributed by atoms with E-state index in [1.54, 1.807) is 19.2 Å². The van der Waals surface area contributed by atoms with E-state index in [4.69, 9.17) is 21.1 Å². The molecule has 1 aromatic rings. The number of ketones is 1. The maximum Gasteiger partial charge on any atom is 0.337 e. The fraction of sp³-hybridized carbons (Fsp3) is 0.478. The Morgan fingerprint density at radius 3 is 2.62 bits per heavy atom. The molecule has 5 nitrogen and oxygen atoms in total. The van der Waals surface area contributed by atoms with Crippen LogP contribution in [0.1, 0.15) is 63.4 Å². The van der Waals surface area contributed by atoms with Crippen LogP contribution < -0.4 is 10.1 Å². The second kappa shape index (κ2) is 8.23. The zero-order chi connectivity index (χ0) is 20.5. The Balaban J connectivity index is 1.78. The molecule has 0 bridgehead atoms. The highest BCUT2D eigenvalue weighted by Crippen LogP contribution is 2.44. The molecule has 2 aliphatic carbocycles. The van der Waals surface area contributed by atoms with Crippen molar-refractivity contribution < 1.29 is 19.1 Å². The van der Waals surface area contributed by atoms with Crippen LogP contribution in [0.5, 0.6) is 5.75 Å². The van der Waals surface area contributed by atoms with Gasteiger partial charge in [0.2, 0.25) is 0 Å². The summed E-state index contributed by atoms with van der Waals surface area (Å²) in [6.45, 7) is 1.88. The average Bonchev–Trinajstić information content (AvgIpc) is 3.20. The zero-order valence-electron chi connectivity index (χ0n) is 16.8. The number of ether oxygens (including phenoxy) is 2. The third-order valence-electron chi connectivity index (χ3n) is 6.08. The number of allylic oxidation sites excluding steroid dienone is 3. The first-order valence-electron chi connectivity index (χ1n) is 10.3. The molecule has 1 N–H and O–H groups in total. The van der Waals surface area contributed by atoms with E-state index in [-0.39, 0.29) is 17.9 Å².